The Balaban J connectivity index is 1.97. The van der Waals surface area contributed by atoms with Gasteiger partial charge in [-0.3, -0.25) is 0 Å². The van der Waals surface area contributed by atoms with Gasteiger partial charge in [0.25, 0.3) is 0 Å². The zero-order valence-corrected chi connectivity index (χ0v) is 11.4. The van der Waals surface area contributed by atoms with Crippen molar-refractivity contribution < 1.29 is 4.74 Å². The van der Waals surface area contributed by atoms with Crippen molar-refractivity contribution in [2.24, 2.45) is 0 Å². The monoisotopic (exact) mass is 286 g/mol. The van der Waals surface area contributed by atoms with Crippen LogP contribution in [0.4, 0.5) is 0 Å². The molecular weight excluding hydrogens is 276 g/mol. The van der Waals surface area contributed by atoms with Crippen LogP contribution in [-0.4, -0.2) is 26.9 Å². The molecule has 3 aromatic rings. The second kappa shape index (κ2) is 5.30. The van der Waals surface area contributed by atoms with Gasteiger partial charge in [-0.1, -0.05) is 6.07 Å². The summed E-state index contributed by atoms with van der Waals surface area (Å²) in [6, 6.07) is 9.45. The summed E-state index contributed by atoms with van der Waals surface area (Å²) < 4.78 is 6.96. The summed E-state index contributed by atoms with van der Waals surface area (Å²) in [7, 11) is 1.64. The molecule has 5 nitrogen and oxygen atoms in total. The molecule has 0 atom stereocenters. The van der Waals surface area contributed by atoms with Crippen LogP contribution in [0.1, 0.15) is 0 Å². The molecule has 2 aromatic heterocycles. The first-order valence-electron chi connectivity index (χ1n) is 5.94. The average Bonchev–Trinajstić information content (AvgIpc) is 2.97. The third-order valence-corrected chi connectivity index (χ3v) is 3.00. The lowest BCUT2D eigenvalue weighted by atomic mass is 10.2. The van der Waals surface area contributed by atoms with Crippen LogP contribution in [0.25, 0.3) is 16.9 Å². The SMILES string of the molecule is COc1cccc(-n2cc(-c3ccnc(Cl)n3)cn2)c1. The predicted molar refractivity (Wildman–Crippen MR) is 76.2 cm³/mol. The number of hydrogen-bond donors (Lipinski definition) is 0. The summed E-state index contributed by atoms with van der Waals surface area (Å²) in [5, 5.41) is 4.54. The molecule has 6 heteroatoms. The Hall–Kier alpha value is -2.40. The maximum absolute atomic E-state index is 5.79. The number of ether oxygens (including phenoxy) is 1. The molecule has 0 aliphatic heterocycles. The summed E-state index contributed by atoms with van der Waals surface area (Å²) in [6.45, 7) is 0. The quantitative estimate of drug-likeness (QED) is 0.695. The van der Waals surface area contributed by atoms with E-state index in [0.29, 0.717) is 0 Å². The van der Waals surface area contributed by atoms with E-state index in [1.54, 1.807) is 30.3 Å². The van der Waals surface area contributed by atoms with E-state index in [4.69, 9.17) is 16.3 Å². The molecule has 0 amide bonds. The van der Waals surface area contributed by atoms with Crippen LogP contribution in [0.3, 0.4) is 0 Å². The second-order valence-corrected chi connectivity index (χ2v) is 4.42. The van der Waals surface area contributed by atoms with E-state index < -0.39 is 0 Å². The van der Waals surface area contributed by atoms with Crippen LogP contribution in [0.5, 0.6) is 5.75 Å². The maximum Gasteiger partial charge on any atom is 0.222 e. The highest BCUT2D eigenvalue weighted by atomic mass is 35.5. The molecule has 3 rings (SSSR count). The number of rotatable bonds is 3. The Kier molecular flexibility index (Phi) is 3.35. The number of aromatic nitrogens is 4. The largest absolute Gasteiger partial charge is 0.497 e. The van der Waals surface area contributed by atoms with E-state index in [2.05, 4.69) is 15.1 Å². The van der Waals surface area contributed by atoms with Crippen LogP contribution >= 0.6 is 11.6 Å². The first kappa shape index (κ1) is 12.6. The van der Waals surface area contributed by atoms with Crippen molar-refractivity contribution in [2.45, 2.75) is 0 Å². The molecule has 0 fully saturated rings. The molecule has 0 aliphatic carbocycles. The maximum atomic E-state index is 5.79. The second-order valence-electron chi connectivity index (χ2n) is 4.09. The zero-order chi connectivity index (χ0) is 13.9. The average molecular weight is 287 g/mol. The summed E-state index contributed by atoms with van der Waals surface area (Å²) in [5.41, 5.74) is 2.52. The molecule has 0 N–H and O–H groups in total. The van der Waals surface area contributed by atoms with Crippen molar-refractivity contribution in [3.05, 3.63) is 54.2 Å². The summed E-state index contributed by atoms with van der Waals surface area (Å²) >= 11 is 5.79. The minimum absolute atomic E-state index is 0.219. The van der Waals surface area contributed by atoms with Crippen molar-refractivity contribution >= 4 is 11.6 Å². The van der Waals surface area contributed by atoms with Crippen LogP contribution < -0.4 is 4.74 Å². The molecule has 2 heterocycles. The molecule has 0 saturated carbocycles. The van der Waals surface area contributed by atoms with Crippen molar-refractivity contribution in [3.8, 4) is 22.7 Å². The Labute approximate surface area is 120 Å². The minimum Gasteiger partial charge on any atom is -0.497 e. The van der Waals surface area contributed by atoms with Gasteiger partial charge in [-0.05, 0) is 29.8 Å². The van der Waals surface area contributed by atoms with Crippen LogP contribution in [0.2, 0.25) is 5.28 Å². The van der Waals surface area contributed by atoms with Gasteiger partial charge in [0, 0.05) is 24.0 Å². The van der Waals surface area contributed by atoms with Gasteiger partial charge < -0.3 is 4.74 Å². The van der Waals surface area contributed by atoms with E-state index in [1.165, 1.54) is 0 Å². The van der Waals surface area contributed by atoms with E-state index in [-0.39, 0.29) is 5.28 Å². The molecule has 0 bridgehead atoms. The number of methoxy groups -OCH3 is 1. The topological polar surface area (TPSA) is 52.8 Å². The standard InChI is InChI=1S/C14H11ClN4O/c1-20-12-4-2-3-11(7-12)19-9-10(8-17-19)13-5-6-16-14(15)18-13/h2-9H,1H3. The van der Waals surface area contributed by atoms with Gasteiger partial charge >= 0.3 is 0 Å². The lowest BCUT2D eigenvalue weighted by molar-refractivity contribution is 0.414. The molecule has 0 aliphatic rings. The van der Waals surface area contributed by atoms with Crippen molar-refractivity contribution in [2.75, 3.05) is 7.11 Å². The molecule has 20 heavy (non-hydrogen) atoms. The molecular formula is C14H11ClN4O. The van der Waals surface area contributed by atoms with Gasteiger partial charge in [-0.15, -0.1) is 0 Å². The summed E-state index contributed by atoms with van der Waals surface area (Å²) in [6.07, 6.45) is 5.24. The van der Waals surface area contributed by atoms with Gasteiger partial charge in [-0.2, -0.15) is 5.10 Å². The smallest absolute Gasteiger partial charge is 0.222 e. The Morgan fingerprint density at radius 1 is 1.25 bits per heavy atom. The van der Waals surface area contributed by atoms with E-state index >= 15 is 0 Å². The number of hydrogen-bond acceptors (Lipinski definition) is 4. The highest BCUT2D eigenvalue weighted by molar-refractivity contribution is 6.28. The first-order valence-corrected chi connectivity index (χ1v) is 6.32. The van der Waals surface area contributed by atoms with E-state index in [0.717, 1.165) is 22.7 Å². The molecule has 1 aromatic carbocycles. The lowest BCUT2D eigenvalue weighted by Crippen LogP contribution is -1.94. The van der Waals surface area contributed by atoms with Crippen molar-refractivity contribution in [3.63, 3.8) is 0 Å². The lowest BCUT2D eigenvalue weighted by Gasteiger charge is -2.03. The highest BCUT2D eigenvalue weighted by Gasteiger charge is 2.06. The van der Waals surface area contributed by atoms with E-state index in [9.17, 15) is 0 Å². The molecule has 0 saturated heterocycles. The third kappa shape index (κ3) is 2.48. The number of benzene rings is 1. The normalized spacial score (nSPS) is 10.5. The van der Waals surface area contributed by atoms with Crippen LogP contribution in [-0.2, 0) is 0 Å². The van der Waals surface area contributed by atoms with Crippen molar-refractivity contribution in [1.82, 2.24) is 19.7 Å². The van der Waals surface area contributed by atoms with Crippen LogP contribution in [0, 0.1) is 0 Å². The predicted octanol–water partition coefficient (Wildman–Crippen LogP) is 2.99. The Bertz CT molecular complexity index is 741. The van der Waals surface area contributed by atoms with Crippen molar-refractivity contribution in [1.29, 1.82) is 0 Å². The molecule has 0 unspecified atom stereocenters. The molecule has 100 valence electrons. The molecule has 0 spiro atoms. The number of nitrogens with zero attached hydrogens (tertiary/aromatic N) is 4. The summed E-state index contributed by atoms with van der Waals surface area (Å²) in [5.74, 6) is 0.782. The van der Waals surface area contributed by atoms with Crippen LogP contribution in [0.15, 0.2) is 48.9 Å². The van der Waals surface area contributed by atoms with Gasteiger partial charge in [0.05, 0.1) is 24.7 Å². The fraction of sp³-hybridized carbons (Fsp3) is 0.0714. The fourth-order valence-corrected chi connectivity index (χ4v) is 1.99. The van der Waals surface area contributed by atoms with Gasteiger partial charge in [0.1, 0.15) is 5.75 Å². The fourth-order valence-electron chi connectivity index (χ4n) is 1.84. The number of halogens is 1. The Morgan fingerprint density at radius 3 is 2.95 bits per heavy atom. The zero-order valence-electron chi connectivity index (χ0n) is 10.7. The highest BCUT2D eigenvalue weighted by Crippen LogP contribution is 2.20. The van der Waals surface area contributed by atoms with Gasteiger partial charge in [-0.25, -0.2) is 14.6 Å². The van der Waals surface area contributed by atoms with E-state index in [1.807, 2.05) is 30.5 Å². The van der Waals surface area contributed by atoms with Gasteiger partial charge in [0.15, 0.2) is 0 Å². The minimum atomic E-state index is 0.219. The molecule has 0 radical (unpaired) electrons. The Morgan fingerprint density at radius 2 is 2.15 bits per heavy atom. The summed E-state index contributed by atoms with van der Waals surface area (Å²) in [4.78, 5) is 8.02. The first-order chi connectivity index (χ1) is 9.76. The van der Waals surface area contributed by atoms with Gasteiger partial charge in [0.2, 0.25) is 5.28 Å². The third-order valence-electron chi connectivity index (χ3n) is 2.82.